The predicted octanol–water partition coefficient (Wildman–Crippen LogP) is 3.25. The van der Waals surface area contributed by atoms with Crippen molar-refractivity contribution in [2.45, 2.75) is 51.1 Å². The summed E-state index contributed by atoms with van der Waals surface area (Å²) < 4.78 is 5.14. The molecular weight excluding hydrogens is 338 g/mol. The SMILES string of the molecule is CCOC(=O)N1CCC(N2CCC[C@H](N(C)CCc3ccccc3)C2)CC1. The van der Waals surface area contributed by atoms with E-state index in [2.05, 4.69) is 47.2 Å². The second-order valence-electron chi connectivity index (χ2n) is 7.92. The van der Waals surface area contributed by atoms with E-state index < -0.39 is 0 Å². The quantitative estimate of drug-likeness (QED) is 0.767. The normalized spacial score (nSPS) is 22.2. The van der Waals surface area contributed by atoms with Crippen molar-refractivity contribution in [2.24, 2.45) is 0 Å². The summed E-state index contributed by atoms with van der Waals surface area (Å²) in [6, 6.07) is 12.0. The molecule has 2 heterocycles. The van der Waals surface area contributed by atoms with E-state index in [0.717, 1.165) is 45.4 Å². The second-order valence-corrected chi connectivity index (χ2v) is 7.92. The highest BCUT2D eigenvalue weighted by molar-refractivity contribution is 5.67. The van der Waals surface area contributed by atoms with Gasteiger partial charge in [0, 0.05) is 38.3 Å². The van der Waals surface area contributed by atoms with Gasteiger partial charge >= 0.3 is 6.09 Å². The van der Waals surface area contributed by atoms with Crippen LogP contribution in [0.2, 0.25) is 0 Å². The maximum Gasteiger partial charge on any atom is 0.409 e. The van der Waals surface area contributed by atoms with Crippen LogP contribution in [-0.2, 0) is 11.2 Å². The summed E-state index contributed by atoms with van der Waals surface area (Å²) in [7, 11) is 2.28. The van der Waals surface area contributed by atoms with Gasteiger partial charge in [0.1, 0.15) is 0 Å². The molecule has 0 bridgehead atoms. The van der Waals surface area contributed by atoms with Crippen molar-refractivity contribution in [3.63, 3.8) is 0 Å². The molecule has 1 aromatic rings. The zero-order valence-corrected chi connectivity index (χ0v) is 17.0. The van der Waals surface area contributed by atoms with Crippen molar-refractivity contribution in [3.8, 4) is 0 Å². The molecule has 0 spiro atoms. The van der Waals surface area contributed by atoms with E-state index in [0.29, 0.717) is 18.7 Å². The second kappa shape index (κ2) is 10.1. The number of hydrogen-bond acceptors (Lipinski definition) is 4. The Balaban J connectivity index is 1.44. The maximum atomic E-state index is 11.9. The van der Waals surface area contributed by atoms with Crippen molar-refractivity contribution in [3.05, 3.63) is 35.9 Å². The molecule has 3 rings (SSSR count). The molecule has 5 heteroatoms. The average molecular weight is 374 g/mol. The third-order valence-electron chi connectivity index (χ3n) is 6.15. The first-order valence-electron chi connectivity index (χ1n) is 10.6. The van der Waals surface area contributed by atoms with Crippen LogP contribution >= 0.6 is 0 Å². The van der Waals surface area contributed by atoms with Crippen molar-refractivity contribution in [1.29, 1.82) is 0 Å². The van der Waals surface area contributed by atoms with Gasteiger partial charge in [-0.25, -0.2) is 4.79 Å². The molecule has 5 nitrogen and oxygen atoms in total. The maximum absolute atomic E-state index is 11.9. The fourth-order valence-corrected chi connectivity index (χ4v) is 4.44. The van der Waals surface area contributed by atoms with Gasteiger partial charge in [0.25, 0.3) is 0 Å². The van der Waals surface area contributed by atoms with Gasteiger partial charge in [-0.2, -0.15) is 0 Å². The van der Waals surface area contributed by atoms with Crippen LogP contribution in [0, 0.1) is 0 Å². The van der Waals surface area contributed by atoms with Gasteiger partial charge in [-0.3, -0.25) is 4.90 Å². The van der Waals surface area contributed by atoms with Crippen molar-refractivity contribution >= 4 is 6.09 Å². The van der Waals surface area contributed by atoms with E-state index in [-0.39, 0.29) is 6.09 Å². The summed E-state index contributed by atoms with van der Waals surface area (Å²) >= 11 is 0. The number of piperidine rings is 2. The van der Waals surface area contributed by atoms with Crippen LogP contribution in [0.15, 0.2) is 30.3 Å². The van der Waals surface area contributed by atoms with Crippen LogP contribution in [0.25, 0.3) is 0 Å². The summed E-state index contributed by atoms with van der Waals surface area (Å²) in [6.07, 6.45) is 5.68. The monoisotopic (exact) mass is 373 g/mol. The number of carbonyl (C=O) groups excluding carboxylic acids is 1. The van der Waals surface area contributed by atoms with Gasteiger partial charge < -0.3 is 14.5 Å². The summed E-state index contributed by atoms with van der Waals surface area (Å²) in [5, 5.41) is 0. The summed E-state index contributed by atoms with van der Waals surface area (Å²) in [5.41, 5.74) is 1.42. The van der Waals surface area contributed by atoms with Crippen LogP contribution in [0.4, 0.5) is 4.79 Å². The molecule has 0 aliphatic carbocycles. The highest BCUT2D eigenvalue weighted by Gasteiger charge is 2.31. The minimum atomic E-state index is -0.145. The van der Waals surface area contributed by atoms with Gasteiger partial charge in [-0.05, 0) is 58.2 Å². The summed E-state index contributed by atoms with van der Waals surface area (Å²) in [5.74, 6) is 0. The van der Waals surface area contributed by atoms with Crippen LogP contribution in [0.5, 0.6) is 0 Å². The average Bonchev–Trinajstić information content (AvgIpc) is 2.73. The molecular formula is C22H35N3O2. The Hall–Kier alpha value is -1.59. The fraction of sp³-hybridized carbons (Fsp3) is 0.682. The lowest BCUT2D eigenvalue weighted by molar-refractivity contribution is 0.0455. The van der Waals surface area contributed by atoms with E-state index in [1.807, 2.05) is 11.8 Å². The third-order valence-corrected chi connectivity index (χ3v) is 6.15. The highest BCUT2D eigenvalue weighted by Crippen LogP contribution is 2.23. The number of amides is 1. The lowest BCUT2D eigenvalue weighted by Crippen LogP contribution is -2.53. The summed E-state index contributed by atoms with van der Waals surface area (Å²) in [4.78, 5) is 19.0. The highest BCUT2D eigenvalue weighted by atomic mass is 16.6. The smallest absolute Gasteiger partial charge is 0.409 e. The molecule has 1 amide bonds. The van der Waals surface area contributed by atoms with E-state index in [1.165, 1.54) is 24.9 Å². The number of benzene rings is 1. The molecule has 0 aromatic heterocycles. The Morgan fingerprint density at radius 1 is 1.15 bits per heavy atom. The number of rotatable bonds is 6. The number of likely N-dealkylation sites (tertiary alicyclic amines) is 2. The molecule has 0 radical (unpaired) electrons. The lowest BCUT2D eigenvalue weighted by Gasteiger charge is -2.44. The van der Waals surface area contributed by atoms with Gasteiger partial charge in [0.15, 0.2) is 0 Å². The van der Waals surface area contributed by atoms with Crippen LogP contribution in [0.3, 0.4) is 0 Å². The van der Waals surface area contributed by atoms with E-state index >= 15 is 0 Å². The minimum absolute atomic E-state index is 0.145. The largest absolute Gasteiger partial charge is 0.450 e. The Labute approximate surface area is 164 Å². The molecule has 0 saturated carbocycles. The number of nitrogens with zero attached hydrogens (tertiary/aromatic N) is 3. The summed E-state index contributed by atoms with van der Waals surface area (Å²) in [6.45, 7) is 7.46. The number of likely N-dealkylation sites (N-methyl/N-ethyl adjacent to an activating group) is 1. The predicted molar refractivity (Wildman–Crippen MR) is 109 cm³/mol. The van der Waals surface area contributed by atoms with Gasteiger partial charge in [0.2, 0.25) is 0 Å². The molecule has 2 aliphatic rings. The van der Waals surface area contributed by atoms with Crippen LogP contribution < -0.4 is 0 Å². The molecule has 2 fully saturated rings. The molecule has 27 heavy (non-hydrogen) atoms. The van der Waals surface area contributed by atoms with E-state index in [1.54, 1.807) is 0 Å². The van der Waals surface area contributed by atoms with Crippen LogP contribution in [-0.4, -0.2) is 79.3 Å². The van der Waals surface area contributed by atoms with Crippen LogP contribution in [0.1, 0.15) is 38.2 Å². The topological polar surface area (TPSA) is 36.0 Å². The third kappa shape index (κ3) is 5.69. The molecule has 0 unspecified atom stereocenters. The number of carbonyl (C=O) groups is 1. The van der Waals surface area contributed by atoms with Gasteiger partial charge in [-0.1, -0.05) is 30.3 Å². The molecule has 150 valence electrons. The molecule has 0 N–H and O–H groups in total. The molecule has 1 aromatic carbocycles. The Kier molecular flexibility index (Phi) is 7.53. The first-order valence-corrected chi connectivity index (χ1v) is 10.6. The molecule has 2 aliphatic heterocycles. The van der Waals surface area contributed by atoms with Gasteiger partial charge in [0.05, 0.1) is 6.61 Å². The lowest BCUT2D eigenvalue weighted by atomic mass is 9.97. The minimum Gasteiger partial charge on any atom is -0.450 e. The number of hydrogen-bond donors (Lipinski definition) is 0. The Bertz CT molecular complexity index is 572. The fourth-order valence-electron chi connectivity index (χ4n) is 4.44. The number of ether oxygens (including phenoxy) is 1. The zero-order valence-electron chi connectivity index (χ0n) is 17.0. The van der Waals surface area contributed by atoms with Crippen molar-refractivity contribution in [1.82, 2.24) is 14.7 Å². The first kappa shape index (κ1) is 20.2. The Morgan fingerprint density at radius 3 is 2.59 bits per heavy atom. The molecule has 1 atom stereocenters. The first-order chi connectivity index (χ1) is 13.2. The zero-order chi connectivity index (χ0) is 19.1. The Morgan fingerprint density at radius 2 is 1.89 bits per heavy atom. The van der Waals surface area contributed by atoms with Crippen molar-refractivity contribution in [2.75, 3.05) is 46.4 Å². The molecule has 2 saturated heterocycles. The standard InChI is InChI=1S/C22H35N3O2/c1-3-27-22(26)24-16-12-20(13-17-24)25-14-7-10-21(18-25)23(2)15-11-19-8-5-4-6-9-19/h4-6,8-9,20-21H,3,7,10-18H2,1-2H3/t21-/m0/s1. The van der Waals surface area contributed by atoms with Crippen molar-refractivity contribution < 1.29 is 9.53 Å². The van der Waals surface area contributed by atoms with E-state index in [4.69, 9.17) is 4.74 Å². The van der Waals surface area contributed by atoms with Gasteiger partial charge in [-0.15, -0.1) is 0 Å². The van der Waals surface area contributed by atoms with E-state index in [9.17, 15) is 4.79 Å².